The van der Waals surface area contributed by atoms with Crippen molar-refractivity contribution in [2.24, 2.45) is 0 Å². The Kier molecular flexibility index (Phi) is 5.73. The van der Waals surface area contributed by atoms with Crippen molar-refractivity contribution < 1.29 is 13.9 Å². The van der Waals surface area contributed by atoms with E-state index < -0.39 is 0 Å². The number of para-hydroxylation sites is 1. The van der Waals surface area contributed by atoms with Crippen LogP contribution in [-0.4, -0.2) is 68.6 Å². The summed E-state index contributed by atoms with van der Waals surface area (Å²) in [6, 6.07) is 7.73. The van der Waals surface area contributed by atoms with E-state index in [0.717, 1.165) is 43.7 Å². The van der Waals surface area contributed by atoms with Crippen LogP contribution in [0.2, 0.25) is 0 Å². The Hall–Kier alpha value is -1.89. The van der Waals surface area contributed by atoms with Crippen LogP contribution in [0.25, 0.3) is 11.0 Å². The molecule has 1 aliphatic heterocycles. The zero-order valence-electron chi connectivity index (χ0n) is 15.2. The molecular formula is C19H27N3O3. The van der Waals surface area contributed by atoms with E-state index in [1.807, 2.05) is 31.2 Å². The number of carbonyl (C=O) groups excluding carboxylic acids is 1. The molecule has 1 saturated heterocycles. The minimum absolute atomic E-state index is 0.0551. The van der Waals surface area contributed by atoms with Crippen molar-refractivity contribution in [3.8, 4) is 0 Å². The molecule has 1 unspecified atom stereocenters. The molecule has 1 aliphatic rings. The molecule has 1 amide bonds. The van der Waals surface area contributed by atoms with Crippen LogP contribution >= 0.6 is 0 Å². The van der Waals surface area contributed by atoms with Gasteiger partial charge in [0.05, 0.1) is 6.61 Å². The molecule has 1 atom stereocenters. The van der Waals surface area contributed by atoms with Gasteiger partial charge < -0.3 is 19.4 Å². The number of ether oxygens (including phenoxy) is 1. The monoisotopic (exact) mass is 345 g/mol. The number of amides is 1. The lowest BCUT2D eigenvalue weighted by molar-refractivity contribution is 0.0883. The molecule has 6 nitrogen and oxygen atoms in total. The van der Waals surface area contributed by atoms with Crippen LogP contribution in [0.3, 0.4) is 0 Å². The first-order valence-electron chi connectivity index (χ1n) is 8.79. The molecule has 6 heteroatoms. The summed E-state index contributed by atoms with van der Waals surface area (Å²) in [5.74, 6) is 0.179. The highest BCUT2D eigenvalue weighted by atomic mass is 16.5. The first-order chi connectivity index (χ1) is 12.1. The molecule has 2 heterocycles. The number of rotatable bonds is 6. The van der Waals surface area contributed by atoms with E-state index in [9.17, 15) is 4.79 Å². The van der Waals surface area contributed by atoms with Crippen LogP contribution in [0.5, 0.6) is 0 Å². The number of piperazine rings is 1. The van der Waals surface area contributed by atoms with E-state index in [4.69, 9.17) is 9.15 Å². The van der Waals surface area contributed by atoms with Crippen molar-refractivity contribution in [1.82, 2.24) is 15.1 Å². The molecule has 2 aromatic rings. The highest BCUT2D eigenvalue weighted by molar-refractivity contribution is 5.99. The normalized spacial score (nSPS) is 17.7. The maximum atomic E-state index is 12.7. The van der Waals surface area contributed by atoms with Crippen molar-refractivity contribution in [2.75, 3.05) is 46.9 Å². The Morgan fingerprint density at radius 1 is 1.28 bits per heavy atom. The number of nitrogens with one attached hydrogen (secondary N) is 1. The molecule has 136 valence electrons. The number of hydrogen-bond donors (Lipinski definition) is 1. The second-order valence-corrected chi connectivity index (χ2v) is 6.82. The Bertz CT molecular complexity index is 720. The van der Waals surface area contributed by atoms with Crippen molar-refractivity contribution in [3.05, 3.63) is 35.6 Å². The molecular weight excluding hydrogens is 318 g/mol. The maximum absolute atomic E-state index is 12.7. The van der Waals surface area contributed by atoms with E-state index in [0.29, 0.717) is 18.0 Å². The number of furan rings is 1. The molecule has 0 radical (unpaired) electrons. The third kappa shape index (κ3) is 4.21. The molecule has 1 fully saturated rings. The quantitative estimate of drug-likeness (QED) is 0.867. The average Bonchev–Trinajstić information content (AvgIpc) is 2.96. The number of benzene rings is 1. The van der Waals surface area contributed by atoms with Gasteiger partial charge in [0.25, 0.3) is 5.91 Å². The second-order valence-electron chi connectivity index (χ2n) is 6.82. The third-order valence-electron chi connectivity index (χ3n) is 4.70. The van der Waals surface area contributed by atoms with Crippen LogP contribution in [0.4, 0.5) is 0 Å². The third-order valence-corrected chi connectivity index (χ3v) is 4.70. The average molecular weight is 345 g/mol. The fourth-order valence-electron chi connectivity index (χ4n) is 3.32. The smallest absolute Gasteiger partial charge is 0.287 e. The SMILES string of the molecule is COCc1c(C(=O)NC(C)CN2CCN(C)CC2)oc2ccccc12. The summed E-state index contributed by atoms with van der Waals surface area (Å²) in [4.78, 5) is 17.4. The van der Waals surface area contributed by atoms with Crippen LogP contribution < -0.4 is 5.32 Å². The van der Waals surface area contributed by atoms with Crippen LogP contribution in [0.15, 0.2) is 28.7 Å². The number of likely N-dealkylation sites (N-methyl/N-ethyl adjacent to an activating group) is 1. The highest BCUT2D eigenvalue weighted by Gasteiger charge is 2.23. The molecule has 1 aromatic carbocycles. The van der Waals surface area contributed by atoms with E-state index >= 15 is 0 Å². The number of hydrogen-bond acceptors (Lipinski definition) is 5. The van der Waals surface area contributed by atoms with E-state index in [-0.39, 0.29) is 11.9 Å². The van der Waals surface area contributed by atoms with Crippen molar-refractivity contribution in [3.63, 3.8) is 0 Å². The first-order valence-corrected chi connectivity index (χ1v) is 8.79. The summed E-state index contributed by atoms with van der Waals surface area (Å²) in [5, 5.41) is 4.00. The van der Waals surface area contributed by atoms with E-state index in [1.54, 1.807) is 7.11 Å². The van der Waals surface area contributed by atoms with Crippen molar-refractivity contribution >= 4 is 16.9 Å². The van der Waals surface area contributed by atoms with Gasteiger partial charge in [0.2, 0.25) is 0 Å². The van der Waals surface area contributed by atoms with Gasteiger partial charge in [-0.1, -0.05) is 18.2 Å². The van der Waals surface area contributed by atoms with Gasteiger partial charge in [0.15, 0.2) is 5.76 Å². The zero-order chi connectivity index (χ0) is 17.8. The summed E-state index contributed by atoms with van der Waals surface area (Å²) >= 11 is 0. The number of methoxy groups -OCH3 is 1. The summed E-state index contributed by atoms with van der Waals surface area (Å²) in [6.07, 6.45) is 0. The van der Waals surface area contributed by atoms with Crippen molar-refractivity contribution in [2.45, 2.75) is 19.6 Å². The Morgan fingerprint density at radius 3 is 2.72 bits per heavy atom. The molecule has 1 N–H and O–H groups in total. The number of nitrogens with zero attached hydrogens (tertiary/aromatic N) is 2. The lowest BCUT2D eigenvalue weighted by atomic mass is 10.1. The van der Waals surface area contributed by atoms with Gasteiger partial charge in [-0.3, -0.25) is 9.69 Å². The predicted octanol–water partition coefficient (Wildman–Crippen LogP) is 1.94. The lowest BCUT2D eigenvalue weighted by Crippen LogP contribution is -2.49. The topological polar surface area (TPSA) is 58.0 Å². The standard InChI is InChI=1S/C19H27N3O3/c1-14(12-22-10-8-21(2)9-11-22)20-19(23)18-16(13-24-3)15-6-4-5-7-17(15)25-18/h4-7,14H,8-13H2,1-3H3,(H,20,23). The maximum Gasteiger partial charge on any atom is 0.287 e. The minimum Gasteiger partial charge on any atom is -0.451 e. The van der Waals surface area contributed by atoms with Gasteiger partial charge in [0.1, 0.15) is 5.58 Å². The Balaban J connectivity index is 1.68. The van der Waals surface area contributed by atoms with E-state index in [2.05, 4.69) is 22.2 Å². The first kappa shape index (κ1) is 17.9. The number of carbonyl (C=O) groups is 1. The molecule has 0 aliphatic carbocycles. The predicted molar refractivity (Wildman–Crippen MR) is 97.8 cm³/mol. The van der Waals surface area contributed by atoms with Crippen LogP contribution in [0, 0.1) is 0 Å². The van der Waals surface area contributed by atoms with Gasteiger partial charge >= 0.3 is 0 Å². The molecule has 0 saturated carbocycles. The van der Waals surface area contributed by atoms with Crippen molar-refractivity contribution in [1.29, 1.82) is 0 Å². The van der Waals surface area contributed by atoms with Crippen LogP contribution in [-0.2, 0) is 11.3 Å². The lowest BCUT2D eigenvalue weighted by Gasteiger charge is -2.33. The Morgan fingerprint density at radius 2 is 2.00 bits per heavy atom. The number of fused-ring (bicyclic) bond motifs is 1. The molecule has 1 aromatic heterocycles. The Labute approximate surface area is 148 Å². The molecule has 0 spiro atoms. The van der Waals surface area contributed by atoms with Gasteiger partial charge in [-0.05, 0) is 20.0 Å². The summed E-state index contributed by atoms with van der Waals surface area (Å²) < 4.78 is 11.1. The van der Waals surface area contributed by atoms with Crippen LogP contribution in [0.1, 0.15) is 23.0 Å². The molecule has 3 rings (SSSR count). The zero-order valence-corrected chi connectivity index (χ0v) is 15.2. The van der Waals surface area contributed by atoms with Gasteiger partial charge in [-0.15, -0.1) is 0 Å². The summed E-state index contributed by atoms with van der Waals surface area (Å²) in [5.41, 5.74) is 1.52. The van der Waals surface area contributed by atoms with Gasteiger partial charge in [0, 0.05) is 56.8 Å². The van der Waals surface area contributed by atoms with Gasteiger partial charge in [-0.25, -0.2) is 0 Å². The fraction of sp³-hybridized carbons (Fsp3) is 0.526. The molecule has 0 bridgehead atoms. The highest BCUT2D eigenvalue weighted by Crippen LogP contribution is 2.26. The second kappa shape index (κ2) is 7.99. The summed E-state index contributed by atoms with van der Waals surface area (Å²) in [7, 11) is 3.76. The largest absolute Gasteiger partial charge is 0.451 e. The minimum atomic E-state index is -0.176. The summed E-state index contributed by atoms with van der Waals surface area (Å²) in [6.45, 7) is 7.46. The van der Waals surface area contributed by atoms with Gasteiger partial charge in [-0.2, -0.15) is 0 Å². The van der Waals surface area contributed by atoms with E-state index in [1.165, 1.54) is 0 Å². The molecule has 25 heavy (non-hydrogen) atoms. The fourth-order valence-corrected chi connectivity index (χ4v) is 3.32.